The van der Waals surface area contributed by atoms with Crippen molar-refractivity contribution in [1.29, 1.82) is 0 Å². The van der Waals surface area contributed by atoms with Crippen LogP contribution in [0.25, 0.3) is 11.0 Å². The van der Waals surface area contributed by atoms with Gasteiger partial charge in [0.25, 0.3) is 0 Å². The topological polar surface area (TPSA) is 72.7 Å². The smallest absolute Gasteiger partial charge is 0.191 e. The van der Waals surface area contributed by atoms with Gasteiger partial charge >= 0.3 is 0 Å². The summed E-state index contributed by atoms with van der Waals surface area (Å²) in [6.45, 7) is 4.35. The van der Waals surface area contributed by atoms with Crippen LogP contribution in [0.1, 0.15) is 17.8 Å². The Labute approximate surface area is 194 Å². The van der Waals surface area contributed by atoms with Gasteiger partial charge in [-0.3, -0.25) is 4.99 Å². The van der Waals surface area contributed by atoms with Gasteiger partial charge in [-0.25, -0.2) is 4.98 Å². The molecular formula is C22H30IN5O2. The van der Waals surface area contributed by atoms with Crippen LogP contribution in [-0.2, 0) is 13.1 Å². The van der Waals surface area contributed by atoms with Crippen molar-refractivity contribution in [2.24, 2.45) is 4.99 Å². The van der Waals surface area contributed by atoms with E-state index in [9.17, 15) is 0 Å². The average Bonchev–Trinajstić information content (AvgIpc) is 3.07. The third-order valence-electron chi connectivity index (χ3n) is 4.85. The van der Waals surface area contributed by atoms with Crippen LogP contribution < -0.4 is 20.1 Å². The summed E-state index contributed by atoms with van der Waals surface area (Å²) in [5.41, 5.74) is 3.23. The Hall–Kier alpha value is -2.49. The molecule has 2 aromatic carbocycles. The Kier molecular flexibility index (Phi) is 9.22. The number of para-hydroxylation sites is 3. The highest BCUT2D eigenvalue weighted by Crippen LogP contribution is 2.30. The predicted molar refractivity (Wildman–Crippen MR) is 132 cm³/mol. The maximum absolute atomic E-state index is 5.49. The number of ether oxygens (including phenoxy) is 2. The van der Waals surface area contributed by atoms with Crippen LogP contribution in [0.5, 0.6) is 11.5 Å². The molecule has 0 aliphatic heterocycles. The van der Waals surface area contributed by atoms with Crippen molar-refractivity contribution >= 4 is 41.0 Å². The monoisotopic (exact) mass is 523 g/mol. The molecule has 1 aromatic heterocycles. The molecule has 0 aliphatic rings. The lowest BCUT2D eigenvalue weighted by atomic mass is 10.2. The second-order valence-corrected chi connectivity index (χ2v) is 6.66. The van der Waals surface area contributed by atoms with Crippen molar-refractivity contribution in [3.63, 3.8) is 0 Å². The van der Waals surface area contributed by atoms with E-state index >= 15 is 0 Å². The summed E-state index contributed by atoms with van der Waals surface area (Å²) in [7, 11) is 5.06. The lowest BCUT2D eigenvalue weighted by Crippen LogP contribution is -2.37. The first kappa shape index (κ1) is 23.8. The van der Waals surface area contributed by atoms with Gasteiger partial charge in [0.15, 0.2) is 17.5 Å². The lowest BCUT2D eigenvalue weighted by Gasteiger charge is -2.15. The number of aryl methyl sites for hydroxylation is 2. The van der Waals surface area contributed by atoms with Crippen LogP contribution in [0, 0.1) is 6.92 Å². The van der Waals surface area contributed by atoms with Gasteiger partial charge in [-0.15, -0.1) is 24.0 Å². The second-order valence-electron chi connectivity index (χ2n) is 6.66. The fraction of sp³-hybridized carbons (Fsp3) is 0.364. The van der Waals surface area contributed by atoms with Crippen LogP contribution in [0.2, 0.25) is 0 Å². The molecule has 7 nitrogen and oxygen atoms in total. The Morgan fingerprint density at radius 3 is 2.60 bits per heavy atom. The van der Waals surface area contributed by atoms with Gasteiger partial charge in [0.1, 0.15) is 5.82 Å². The number of fused-ring (bicyclic) bond motifs is 1. The lowest BCUT2D eigenvalue weighted by molar-refractivity contribution is 0.351. The molecule has 3 aromatic rings. The highest BCUT2D eigenvalue weighted by molar-refractivity contribution is 14.0. The number of aliphatic imine (C=N–C) groups is 1. The van der Waals surface area contributed by atoms with E-state index in [0.717, 1.165) is 53.9 Å². The number of nitrogens with one attached hydrogen (secondary N) is 2. The van der Waals surface area contributed by atoms with E-state index in [-0.39, 0.29) is 24.0 Å². The zero-order chi connectivity index (χ0) is 20.6. The molecule has 1 heterocycles. The van der Waals surface area contributed by atoms with Crippen LogP contribution in [0.15, 0.2) is 47.5 Å². The van der Waals surface area contributed by atoms with E-state index in [1.807, 2.05) is 24.3 Å². The minimum absolute atomic E-state index is 0. The number of hydrogen-bond acceptors (Lipinski definition) is 4. The van der Waals surface area contributed by atoms with E-state index in [4.69, 9.17) is 9.47 Å². The van der Waals surface area contributed by atoms with Crippen LogP contribution in [-0.4, -0.2) is 43.3 Å². The average molecular weight is 523 g/mol. The highest BCUT2D eigenvalue weighted by Gasteiger charge is 2.10. The SMILES string of the molecule is CN=C(NCCCn1c(C)nc2ccccc21)NCc1cccc(OC)c1OC.I. The first-order valence-electron chi connectivity index (χ1n) is 9.74. The van der Waals surface area contributed by atoms with E-state index < -0.39 is 0 Å². The Balaban J connectivity index is 0.00000320. The number of benzene rings is 2. The largest absolute Gasteiger partial charge is 0.493 e. The standard InChI is InChI=1S/C22H29N5O2.HI/c1-16-26-18-10-5-6-11-19(18)27(16)14-8-13-24-22(23-2)25-15-17-9-7-12-20(28-3)21(17)29-4;/h5-7,9-12H,8,13-15H2,1-4H3,(H2,23,24,25);1H. The Bertz CT molecular complexity index is 987. The van der Waals surface area contributed by atoms with Crippen LogP contribution in [0.3, 0.4) is 0 Å². The fourth-order valence-corrected chi connectivity index (χ4v) is 3.41. The van der Waals surface area contributed by atoms with Gasteiger partial charge in [-0.2, -0.15) is 0 Å². The number of halogens is 1. The molecule has 0 amide bonds. The van der Waals surface area contributed by atoms with Crippen molar-refractivity contribution in [3.8, 4) is 11.5 Å². The molecule has 8 heteroatoms. The number of methoxy groups -OCH3 is 2. The van der Waals surface area contributed by atoms with E-state index in [1.54, 1.807) is 21.3 Å². The van der Waals surface area contributed by atoms with Crippen LogP contribution >= 0.6 is 24.0 Å². The fourth-order valence-electron chi connectivity index (χ4n) is 3.41. The van der Waals surface area contributed by atoms with Crippen molar-refractivity contribution in [3.05, 3.63) is 53.9 Å². The number of hydrogen-bond donors (Lipinski definition) is 2. The maximum atomic E-state index is 5.49. The molecule has 0 fully saturated rings. The normalized spacial score (nSPS) is 11.1. The van der Waals surface area contributed by atoms with Crippen molar-refractivity contribution in [2.75, 3.05) is 27.8 Å². The van der Waals surface area contributed by atoms with Gasteiger partial charge in [-0.1, -0.05) is 24.3 Å². The molecular weight excluding hydrogens is 493 g/mol. The predicted octanol–water partition coefficient (Wildman–Crippen LogP) is 3.74. The van der Waals surface area contributed by atoms with Gasteiger partial charge in [0, 0.05) is 32.2 Å². The second kappa shape index (κ2) is 11.6. The molecule has 2 N–H and O–H groups in total. The minimum Gasteiger partial charge on any atom is -0.493 e. The van der Waals surface area contributed by atoms with Crippen molar-refractivity contribution < 1.29 is 9.47 Å². The van der Waals surface area contributed by atoms with Gasteiger partial charge in [0.2, 0.25) is 0 Å². The zero-order valence-corrected chi connectivity index (χ0v) is 20.3. The quantitative estimate of drug-likeness (QED) is 0.204. The molecule has 0 radical (unpaired) electrons. The molecule has 3 rings (SSSR count). The number of nitrogens with zero attached hydrogens (tertiary/aromatic N) is 3. The molecule has 0 spiro atoms. The van der Waals surface area contributed by atoms with Gasteiger partial charge in [0.05, 0.1) is 25.3 Å². The zero-order valence-electron chi connectivity index (χ0n) is 17.9. The Morgan fingerprint density at radius 2 is 1.87 bits per heavy atom. The van der Waals surface area contributed by atoms with Gasteiger partial charge in [-0.05, 0) is 31.5 Å². The summed E-state index contributed by atoms with van der Waals surface area (Å²) in [6, 6.07) is 14.1. The summed E-state index contributed by atoms with van der Waals surface area (Å²) < 4.78 is 13.1. The highest BCUT2D eigenvalue weighted by atomic mass is 127. The molecule has 0 saturated carbocycles. The first-order valence-corrected chi connectivity index (χ1v) is 9.74. The Morgan fingerprint density at radius 1 is 1.07 bits per heavy atom. The van der Waals surface area contributed by atoms with Crippen molar-refractivity contribution in [2.45, 2.75) is 26.4 Å². The number of rotatable bonds is 8. The van der Waals surface area contributed by atoms with E-state index in [2.05, 4.69) is 50.3 Å². The maximum Gasteiger partial charge on any atom is 0.191 e. The van der Waals surface area contributed by atoms with Crippen molar-refractivity contribution in [1.82, 2.24) is 20.2 Å². The molecule has 162 valence electrons. The number of aromatic nitrogens is 2. The molecule has 30 heavy (non-hydrogen) atoms. The van der Waals surface area contributed by atoms with E-state index in [0.29, 0.717) is 6.54 Å². The molecule has 0 bridgehead atoms. The third kappa shape index (κ3) is 5.56. The summed E-state index contributed by atoms with van der Waals surface area (Å²) >= 11 is 0. The van der Waals surface area contributed by atoms with E-state index in [1.165, 1.54) is 5.52 Å². The molecule has 0 unspecified atom stereocenters. The first-order chi connectivity index (χ1) is 14.2. The summed E-state index contributed by atoms with van der Waals surface area (Å²) in [5, 5.41) is 6.70. The minimum atomic E-state index is 0. The summed E-state index contributed by atoms with van der Waals surface area (Å²) in [4.78, 5) is 8.93. The number of imidazole rings is 1. The third-order valence-corrected chi connectivity index (χ3v) is 4.85. The molecule has 0 saturated heterocycles. The molecule has 0 atom stereocenters. The molecule has 0 aliphatic carbocycles. The van der Waals surface area contributed by atoms with Gasteiger partial charge < -0.3 is 24.7 Å². The summed E-state index contributed by atoms with van der Waals surface area (Å²) in [6.07, 6.45) is 0.963. The summed E-state index contributed by atoms with van der Waals surface area (Å²) in [5.74, 6) is 3.25. The van der Waals surface area contributed by atoms with Crippen LogP contribution in [0.4, 0.5) is 0 Å². The number of guanidine groups is 1.